The predicted octanol–water partition coefficient (Wildman–Crippen LogP) is 25.9. The van der Waals surface area contributed by atoms with Crippen LogP contribution in [0.4, 0.5) is 0 Å². The SMILES string of the molecule is CC/C=C\C/C=C\C/C=C\C/C=C\C/C=C\C/C=C\CCCCCCCCCCCCCCCCCCCCCCC(=O)OC(COC(=O)CCCCCCCCCCCCCCCCCCCCCCCCCCCCCC)COP(=O)(O)OCC[N+](C)(C)C. The maximum Gasteiger partial charge on any atom is 0.472 e. The fraction of sp³-hybridized carbons (Fsp3) is 0.827. The van der Waals surface area contributed by atoms with Gasteiger partial charge in [0.05, 0.1) is 27.7 Å². The van der Waals surface area contributed by atoms with Gasteiger partial charge in [-0.1, -0.05) is 376 Å². The van der Waals surface area contributed by atoms with Crippen LogP contribution in [-0.2, 0) is 32.7 Å². The monoisotopic (exact) mass is 1300 g/mol. The van der Waals surface area contributed by atoms with E-state index >= 15 is 0 Å². The summed E-state index contributed by atoms with van der Waals surface area (Å²) in [6.45, 7) is 4.39. The molecule has 0 saturated heterocycles. The van der Waals surface area contributed by atoms with Crippen LogP contribution >= 0.6 is 7.82 Å². The second kappa shape index (κ2) is 71.7. The summed E-state index contributed by atoms with van der Waals surface area (Å²) in [6.07, 6.45) is 97.6. The van der Waals surface area contributed by atoms with Crippen molar-refractivity contribution >= 4 is 19.8 Å². The molecule has 0 radical (unpaired) electrons. The molecular formula is C81H151NO8P+. The van der Waals surface area contributed by atoms with E-state index in [9.17, 15) is 19.0 Å². The van der Waals surface area contributed by atoms with E-state index in [1.807, 2.05) is 21.1 Å². The third-order valence-corrected chi connectivity index (χ3v) is 18.5. The minimum Gasteiger partial charge on any atom is -0.462 e. The molecule has 1 N–H and O–H groups in total. The van der Waals surface area contributed by atoms with Gasteiger partial charge >= 0.3 is 19.8 Å². The van der Waals surface area contributed by atoms with Crippen molar-refractivity contribution < 1.29 is 42.1 Å². The standard InChI is InChI=1S/C81H150NO8P/c1-6-8-10-12-14-16-18-20-22-24-26-28-30-32-34-36-37-38-39-40-41-42-43-44-45-46-48-50-52-54-56-58-60-62-64-66-68-70-72-74-81(84)90-79(78-89-91(85,86)88-76-75-82(3,4)5)77-87-80(83)73-71-69-67-65-63-61-59-57-55-53-51-49-47-35-33-31-29-27-25-23-21-19-17-15-13-11-9-7-2/h8,10,14,16,20,22,26,28,32,34,37-38,79H,6-7,9,11-13,15,17-19,21,23-25,27,29-31,33,35-36,39-78H2,1-5H3/p+1/b10-8-,16-14-,22-20-,28-26-,34-32-,38-37-. The Bertz CT molecular complexity index is 1770. The molecule has 10 heteroatoms. The Morgan fingerprint density at radius 1 is 0.352 bits per heavy atom. The Morgan fingerprint density at radius 3 is 0.934 bits per heavy atom. The van der Waals surface area contributed by atoms with Gasteiger partial charge in [0.1, 0.15) is 19.8 Å². The minimum absolute atomic E-state index is 0.0337. The van der Waals surface area contributed by atoms with Gasteiger partial charge in [0.15, 0.2) is 6.10 Å². The number of phosphoric ester groups is 1. The zero-order valence-corrected chi connectivity index (χ0v) is 61.7. The number of carbonyl (C=O) groups excluding carboxylic acids is 2. The summed E-state index contributed by atoms with van der Waals surface area (Å²) >= 11 is 0. The molecule has 0 rings (SSSR count). The summed E-state index contributed by atoms with van der Waals surface area (Å²) in [7, 11) is 1.50. The largest absolute Gasteiger partial charge is 0.472 e. The van der Waals surface area contributed by atoms with Crippen molar-refractivity contribution in [2.24, 2.45) is 0 Å². The molecule has 91 heavy (non-hydrogen) atoms. The quantitative estimate of drug-likeness (QED) is 0.0211. The van der Waals surface area contributed by atoms with E-state index in [-0.39, 0.29) is 25.6 Å². The number of likely N-dealkylation sites (N-methyl/N-ethyl adjacent to an activating group) is 1. The van der Waals surface area contributed by atoms with Gasteiger partial charge in [-0.3, -0.25) is 18.6 Å². The zero-order chi connectivity index (χ0) is 66.2. The van der Waals surface area contributed by atoms with E-state index in [0.29, 0.717) is 23.9 Å². The first-order valence-electron chi connectivity index (χ1n) is 39.2. The van der Waals surface area contributed by atoms with Crippen molar-refractivity contribution in [2.75, 3.05) is 47.5 Å². The Labute approximate surface area is 565 Å². The zero-order valence-electron chi connectivity index (χ0n) is 60.8. The summed E-state index contributed by atoms with van der Waals surface area (Å²) in [5.74, 6) is -0.775. The Hall–Kier alpha value is -2.55. The van der Waals surface area contributed by atoms with Crippen LogP contribution in [0.2, 0.25) is 0 Å². The van der Waals surface area contributed by atoms with Crippen LogP contribution in [0, 0.1) is 0 Å². The molecule has 0 bridgehead atoms. The van der Waals surface area contributed by atoms with E-state index in [0.717, 1.165) is 70.6 Å². The van der Waals surface area contributed by atoms with Crippen molar-refractivity contribution in [2.45, 2.75) is 386 Å². The molecule has 532 valence electrons. The number of carbonyl (C=O) groups is 2. The van der Waals surface area contributed by atoms with Gasteiger partial charge in [-0.15, -0.1) is 0 Å². The lowest BCUT2D eigenvalue weighted by Crippen LogP contribution is -2.37. The van der Waals surface area contributed by atoms with Crippen LogP contribution in [0.1, 0.15) is 380 Å². The lowest BCUT2D eigenvalue weighted by molar-refractivity contribution is -0.870. The highest BCUT2D eigenvalue weighted by Gasteiger charge is 2.27. The molecular weight excluding hydrogens is 1150 g/mol. The fourth-order valence-corrected chi connectivity index (χ4v) is 12.3. The average Bonchev–Trinajstić information content (AvgIpc) is 3.30. The van der Waals surface area contributed by atoms with Crippen LogP contribution in [0.5, 0.6) is 0 Å². The van der Waals surface area contributed by atoms with E-state index in [2.05, 4.69) is 86.8 Å². The average molecular weight is 1300 g/mol. The van der Waals surface area contributed by atoms with Crippen LogP contribution in [0.25, 0.3) is 0 Å². The number of hydrogen-bond donors (Lipinski definition) is 1. The Morgan fingerprint density at radius 2 is 0.626 bits per heavy atom. The summed E-state index contributed by atoms with van der Waals surface area (Å²) < 4.78 is 34.8. The summed E-state index contributed by atoms with van der Waals surface area (Å²) in [6, 6.07) is 0. The first-order chi connectivity index (χ1) is 44.5. The number of ether oxygens (including phenoxy) is 2. The third kappa shape index (κ3) is 76.4. The molecule has 0 amide bonds. The molecule has 0 aromatic carbocycles. The number of phosphoric acid groups is 1. The number of esters is 2. The van der Waals surface area contributed by atoms with Crippen LogP contribution in [0.15, 0.2) is 72.9 Å². The number of quaternary nitrogens is 1. The van der Waals surface area contributed by atoms with Crippen molar-refractivity contribution in [1.29, 1.82) is 0 Å². The van der Waals surface area contributed by atoms with Gasteiger partial charge < -0.3 is 18.9 Å². The lowest BCUT2D eigenvalue weighted by Gasteiger charge is -2.24. The first-order valence-corrected chi connectivity index (χ1v) is 40.7. The Kier molecular flexibility index (Phi) is 69.7. The van der Waals surface area contributed by atoms with Gasteiger partial charge in [-0.2, -0.15) is 0 Å². The molecule has 0 aromatic heterocycles. The number of rotatable bonds is 73. The topological polar surface area (TPSA) is 108 Å². The molecule has 0 aliphatic heterocycles. The maximum atomic E-state index is 12.9. The van der Waals surface area contributed by atoms with E-state index < -0.39 is 26.5 Å². The number of nitrogens with zero attached hydrogens (tertiary/aromatic N) is 1. The molecule has 2 unspecified atom stereocenters. The minimum atomic E-state index is -4.39. The van der Waals surface area contributed by atoms with Crippen molar-refractivity contribution in [3.8, 4) is 0 Å². The number of allylic oxidation sites excluding steroid dienone is 12. The molecule has 0 heterocycles. The summed E-state index contributed by atoms with van der Waals surface area (Å²) in [4.78, 5) is 36.0. The van der Waals surface area contributed by atoms with E-state index in [4.69, 9.17) is 18.5 Å². The highest BCUT2D eigenvalue weighted by molar-refractivity contribution is 7.47. The van der Waals surface area contributed by atoms with Crippen LogP contribution < -0.4 is 0 Å². The smallest absolute Gasteiger partial charge is 0.462 e. The summed E-state index contributed by atoms with van der Waals surface area (Å²) in [5.41, 5.74) is 0. The van der Waals surface area contributed by atoms with Crippen molar-refractivity contribution in [3.63, 3.8) is 0 Å². The van der Waals surface area contributed by atoms with Crippen molar-refractivity contribution in [3.05, 3.63) is 72.9 Å². The number of unbranched alkanes of at least 4 members (excludes halogenated alkanes) is 47. The van der Waals surface area contributed by atoms with Gasteiger partial charge in [0.2, 0.25) is 0 Å². The molecule has 2 atom stereocenters. The predicted molar refractivity (Wildman–Crippen MR) is 395 cm³/mol. The first kappa shape index (κ1) is 88.5. The Balaban J connectivity index is 3.93. The van der Waals surface area contributed by atoms with E-state index in [1.54, 1.807) is 0 Å². The normalized spacial score (nSPS) is 13.4. The highest BCUT2D eigenvalue weighted by Crippen LogP contribution is 2.43. The second-order valence-corrected chi connectivity index (χ2v) is 29.2. The molecule has 0 fully saturated rings. The van der Waals surface area contributed by atoms with Gasteiger partial charge in [-0.25, -0.2) is 4.57 Å². The van der Waals surface area contributed by atoms with E-state index in [1.165, 1.54) is 276 Å². The summed E-state index contributed by atoms with van der Waals surface area (Å²) in [5, 5.41) is 0. The second-order valence-electron chi connectivity index (χ2n) is 27.7. The lowest BCUT2D eigenvalue weighted by atomic mass is 10.0. The van der Waals surface area contributed by atoms with Crippen molar-refractivity contribution in [1.82, 2.24) is 0 Å². The van der Waals surface area contributed by atoms with Gasteiger partial charge in [-0.05, 0) is 64.2 Å². The molecule has 0 aliphatic rings. The third-order valence-electron chi connectivity index (χ3n) is 17.5. The maximum absolute atomic E-state index is 12.9. The van der Waals surface area contributed by atoms with Gasteiger partial charge in [0, 0.05) is 12.8 Å². The molecule has 9 nitrogen and oxygen atoms in total. The highest BCUT2D eigenvalue weighted by atomic mass is 31.2. The molecule has 0 aliphatic carbocycles. The fourth-order valence-electron chi connectivity index (χ4n) is 11.6. The van der Waals surface area contributed by atoms with Crippen LogP contribution in [-0.4, -0.2) is 74.9 Å². The molecule has 0 spiro atoms. The molecule has 0 saturated carbocycles. The molecule has 0 aromatic rings. The van der Waals surface area contributed by atoms with Crippen LogP contribution in [0.3, 0.4) is 0 Å². The number of hydrogen-bond acceptors (Lipinski definition) is 7. The van der Waals surface area contributed by atoms with Gasteiger partial charge in [0.25, 0.3) is 0 Å².